The van der Waals surface area contributed by atoms with Crippen molar-refractivity contribution >= 4 is 29.0 Å². The van der Waals surface area contributed by atoms with Crippen molar-refractivity contribution in [3.05, 3.63) is 77.2 Å². The average Bonchev–Trinajstić information content (AvgIpc) is 2.68. The number of rotatable bonds is 6. The summed E-state index contributed by atoms with van der Waals surface area (Å²) in [5.74, 6) is 0.768. The molecule has 2 N–H and O–H groups in total. The lowest BCUT2D eigenvalue weighted by Gasteiger charge is -2.08. The molecule has 1 aromatic heterocycles. The number of nitrogens with one attached hydrogen (secondary N) is 2. The molecular weight excluding hydrogens is 352 g/mol. The zero-order valence-electron chi connectivity index (χ0n) is 14.1. The first-order valence-corrected chi connectivity index (χ1v) is 8.28. The summed E-state index contributed by atoms with van der Waals surface area (Å²) < 4.78 is 5.08. The molecule has 0 unspecified atom stereocenters. The number of hydrogen-bond donors (Lipinski definition) is 2. The minimum atomic E-state index is -0.367. The first kappa shape index (κ1) is 17.7. The molecule has 3 aromatic rings. The van der Waals surface area contributed by atoms with E-state index in [0.29, 0.717) is 28.8 Å². The van der Waals surface area contributed by atoms with Crippen LogP contribution in [0.2, 0.25) is 5.02 Å². The van der Waals surface area contributed by atoms with Gasteiger partial charge in [-0.15, -0.1) is 0 Å². The van der Waals surface area contributed by atoms with Crippen molar-refractivity contribution in [1.82, 2.24) is 9.97 Å². The zero-order chi connectivity index (χ0) is 18.4. The predicted molar refractivity (Wildman–Crippen MR) is 102 cm³/mol. The molecule has 26 heavy (non-hydrogen) atoms. The molecule has 1 amide bonds. The average molecular weight is 369 g/mol. The quantitative estimate of drug-likeness (QED) is 0.687. The Bertz CT molecular complexity index is 886. The number of halogens is 1. The minimum Gasteiger partial charge on any atom is -0.495 e. The Morgan fingerprint density at radius 2 is 1.92 bits per heavy atom. The van der Waals surface area contributed by atoms with Gasteiger partial charge in [0.2, 0.25) is 0 Å². The van der Waals surface area contributed by atoms with Crippen molar-refractivity contribution in [2.24, 2.45) is 0 Å². The van der Waals surface area contributed by atoms with Gasteiger partial charge in [0.05, 0.1) is 24.5 Å². The predicted octanol–water partition coefficient (Wildman–Crippen LogP) is 4.00. The summed E-state index contributed by atoms with van der Waals surface area (Å²) >= 11 is 6.05. The number of carbonyl (C=O) groups excluding carboxylic acids is 1. The van der Waals surface area contributed by atoms with Gasteiger partial charge < -0.3 is 15.4 Å². The summed E-state index contributed by atoms with van der Waals surface area (Å²) in [4.78, 5) is 20.6. The van der Waals surface area contributed by atoms with Crippen molar-refractivity contribution in [3.8, 4) is 5.75 Å². The summed E-state index contributed by atoms with van der Waals surface area (Å²) in [7, 11) is 1.53. The van der Waals surface area contributed by atoms with Gasteiger partial charge in [0.25, 0.3) is 5.91 Å². The monoisotopic (exact) mass is 368 g/mol. The van der Waals surface area contributed by atoms with Crippen LogP contribution in [0.3, 0.4) is 0 Å². The number of aromatic nitrogens is 2. The van der Waals surface area contributed by atoms with E-state index in [-0.39, 0.29) is 11.6 Å². The summed E-state index contributed by atoms with van der Waals surface area (Å²) in [6.45, 7) is 0.630. The summed E-state index contributed by atoms with van der Waals surface area (Å²) in [5, 5.41) is 6.30. The fourth-order valence-corrected chi connectivity index (χ4v) is 2.52. The summed E-state index contributed by atoms with van der Waals surface area (Å²) in [6.07, 6.45) is 2.95. The summed E-state index contributed by atoms with van der Waals surface area (Å²) in [5.41, 5.74) is 1.89. The SMILES string of the molecule is COc1ccc(NC(=O)c2cnc(NCc3ccccc3)cn2)cc1Cl. The first-order valence-electron chi connectivity index (χ1n) is 7.90. The maximum absolute atomic E-state index is 12.3. The van der Waals surface area contributed by atoms with Gasteiger partial charge in [0, 0.05) is 12.2 Å². The van der Waals surface area contributed by atoms with E-state index in [0.717, 1.165) is 5.56 Å². The Morgan fingerprint density at radius 1 is 1.12 bits per heavy atom. The van der Waals surface area contributed by atoms with E-state index < -0.39 is 0 Å². The second-order valence-electron chi connectivity index (χ2n) is 5.43. The van der Waals surface area contributed by atoms with E-state index in [1.165, 1.54) is 19.5 Å². The molecule has 6 nitrogen and oxygen atoms in total. The first-order chi connectivity index (χ1) is 12.7. The van der Waals surface area contributed by atoms with Crippen molar-refractivity contribution in [3.63, 3.8) is 0 Å². The van der Waals surface area contributed by atoms with Gasteiger partial charge in [-0.2, -0.15) is 0 Å². The highest BCUT2D eigenvalue weighted by atomic mass is 35.5. The van der Waals surface area contributed by atoms with Crippen LogP contribution in [-0.2, 0) is 6.54 Å². The van der Waals surface area contributed by atoms with Crippen LogP contribution in [-0.4, -0.2) is 23.0 Å². The van der Waals surface area contributed by atoms with Crippen LogP contribution >= 0.6 is 11.6 Å². The number of benzene rings is 2. The lowest BCUT2D eigenvalue weighted by Crippen LogP contribution is -2.14. The number of amides is 1. The molecule has 0 saturated heterocycles. The number of methoxy groups -OCH3 is 1. The number of anilines is 2. The smallest absolute Gasteiger partial charge is 0.275 e. The van der Waals surface area contributed by atoms with Gasteiger partial charge in [-0.1, -0.05) is 41.9 Å². The largest absolute Gasteiger partial charge is 0.495 e. The van der Waals surface area contributed by atoms with Crippen LogP contribution in [0, 0.1) is 0 Å². The van der Waals surface area contributed by atoms with Gasteiger partial charge in [-0.05, 0) is 23.8 Å². The normalized spacial score (nSPS) is 10.2. The third-order valence-electron chi connectivity index (χ3n) is 3.61. The topological polar surface area (TPSA) is 76.1 Å². The van der Waals surface area contributed by atoms with Crippen LogP contribution in [0.4, 0.5) is 11.5 Å². The van der Waals surface area contributed by atoms with E-state index in [1.807, 2.05) is 30.3 Å². The van der Waals surface area contributed by atoms with Crippen LogP contribution in [0.15, 0.2) is 60.9 Å². The molecule has 0 aliphatic heterocycles. The molecule has 1 heterocycles. The Morgan fingerprint density at radius 3 is 2.58 bits per heavy atom. The van der Waals surface area contributed by atoms with Gasteiger partial charge in [-0.25, -0.2) is 9.97 Å². The van der Waals surface area contributed by atoms with E-state index in [4.69, 9.17) is 16.3 Å². The Labute approximate surface area is 156 Å². The summed E-state index contributed by atoms with van der Waals surface area (Å²) in [6, 6.07) is 14.9. The molecule has 0 fully saturated rings. The molecule has 0 bridgehead atoms. The fourth-order valence-electron chi connectivity index (χ4n) is 2.26. The maximum atomic E-state index is 12.3. The van der Waals surface area contributed by atoms with Gasteiger partial charge in [0.1, 0.15) is 17.3 Å². The van der Waals surface area contributed by atoms with Crippen LogP contribution in [0.1, 0.15) is 16.1 Å². The Kier molecular flexibility index (Phi) is 5.66. The zero-order valence-corrected chi connectivity index (χ0v) is 14.8. The second-order valence-corrected chi connectivity index (χ2v) is 5.84. The molecule has 0 spiro atoms. The van der Waals surface area contributed by atoms with Crippen molar-refractivity contribution in [1.29, 1.82) is 0 Å². The standard InChI is InChI=1S/C19H17ClN4O2/c1-26-17-8-7-14(9-15(17)20)24-19(25)16-11-23-18(12-21-16)22-10-13-5-3-2-4-6-13/h2-9,11-12H,10H2,1H3,(H,22,23)(H,24,25). The van der Waals surface area contributed by atoms with Gasteiger partial charge in [-0.3, -0.25) is 4.79 Å². The molecule has 0 atom stereocenters. The van der Waals surface area contributed by atoms with Gasteiger partial charge >= 0.3 is 0 Å². The molecule has 2 aromatic carbocycles. The number of nitrogens with zero attached hydrogens (tertiary/aromatic N) is 2. The highest BCUT2D eigenvalue weighted by Crippen LogP contribution is 2.27. The van der Waals surface area contributed by atoms with Crippen LogP contribution in [0.25, 0.3) is 0 Å². The Balaban J connectivity index is 1.60. The maximum Gasteiger partial charge on any atom is 0.275 e. The van der Waals surface area contributed by atoms with E-state index >= 15 is 0 Å². The van der Waals surface area contributed by atoms with Crippen molar-refractivity contribution < 1.29 is 9.53 Å². The third-order valence-corrected chi connectivity index (χ3v) is 3.91. The number of carbonyl (C=O) groups is 1. The molecule has 3 rings (SSSR count). The van der Waals surface area contributed by atoms with Gasteiger partial charge in [0.15, 0.2) is 0 Å². The van der Waals surface area contributed by atoms with E-state index in [2.05, 4.69) is 20.6 Å². The lowest BCUT2D eigenvalue weighted by molar-refractivity contribution is 0.102. The fraction of sp³-hybridized carbons (Fsp3) is 0.105. The van der Waals surface area contributed by atoms with E-state index in [1.54, 1.807) is 18.2 Å². The third kappa shape index (κ3) is 4.49. The molecular formula is C19H17ClN4O2. The minimum absolute atomic E-state index is 0.210. The number of hydrogen-bond acceptors (Lipinski definition) is 5. The lowest BCUT2D eigenvalue weighted by atomic mass is 10.2. The molecule has 0 radical (unpaired) electrons. The van der Waals surface area contributed by atoms with Crippen molar-refractivity contribution in [2.45, 2.75) is 6.54 Å². The number of ether oxygens (including phenoxy) is 1. The van der Waals surface area contributed by atoms with Crippen LogP contribution < -0.4 is 15.4 Å². The molecule has 7 heteroatoms. The van der Waals surface area contributed by atoms with E-state index in [9.17, 15) is 4.79 Å². The molecule has 0 aliphatic rings. The molecule has 0 saturated carbocycles. The van der Waals surface area contributed by atoms with Crippen molar-refractivity contribution in [2.75, 3.05) is 17.7 Å². The highest BCUT2D eigenvalue weighted by molar-refractivity contribution is 6.32. The molecule has 0 aliphatic carbocycles. The molecule has 132 valence electrons. The Hall–Kier alpha value is -3.12. The second kappa shape index (κ2) is 8.31. The van der Waals surface area contributed by atoms with Crippen LogP contribution in [0.5, 0.6) is 5.75 Å². The highest BCUT2D eigenvalue weighted by Gasteiger charge is 2.10.